The molecular weight excluding hydrogens is 184 g/mol. The van der Waals surface area contributed by atoms with Gasteiger partial charge in [0.1, 0.15) is 5.65 Å². The molecule has 0 unspecified atom stereocenters. The van der Waals surface area contributed by atoms with Crippen LogP contribution >= 0.6 is 0 Å². The molecule has 0 saturated carbocycles. The van der Waals surface area contributed by atoms with E-state index in [9.17, 15) is 9.59 Å². The third kappa shape index (κ3) is 1.24. The van der Waals surface area contributed by atoms with E-state index in [0.29, 0.717) is 17.5 Å². The molecule has 1 N–H and O–H groups in total. The van der Waals surface area contributed by atoms with Crippen molar-refractivity contribution in [3.05, 3.63) is 35.8 Å². The van der Waals surface area contributed by atoms with Crippen molar-refractivity contribution in [3.8, 4) is 0 Å². The van der Waals surface area contributed by atoms with E-state index in [1.165, 1.54) is 16.8 Å². The second-order valence-corrected chi connectivity index (χ2v) is 2.78. The zero-order valence-electron chi connectivity index (χ0n) is 7.04. The predicted octanol–water partition coefficient (Wildman–Crippen LogP) is 0.845. The van der Waals surface area contributed by atoms with Gasteiger partial charge in [-0.15, -0.1) is 0 Å². The monoisotopic (exact) mass is 190 g/mol. The Bertz CT molecular complexity index is 516. The maximum Gasteiger partial charge on any atom is 0.356 e. The molecule has 0 saturated heterocycles. The Balaban J connectivity index is 2.65. The molecule has 5 nitrogen and oxygen atoms in total. The first-order valence-electron chi connectivity index (χ1n) is 3.88. The minimum Gasteiger partial charge on any atom is -0.476 e. The number of rotatable bonds is 2. The number of nitrogens with zero attached hydrogens (tertiary/aromatic N) is 2. The van der Waals surface area contributed by atoms with E-state index in [4.69, 9.17) is 5.11 Å². The van der Waals surface area contributed by atoms with Crippen molar-refractivity contribution >= 4 is 17.9 Å². The quantitative estimate of drug-likeness (QED) is 0.712. The first-order valence-corrected chi connectivity index (χ1v) is 3.88. The summed E-state index contributed by atoms with van der Waals surface area (Å²) in [6, 6.07) is 3.18. The summed E-state index contributed by atoms with van der Waals surface area (Å²) in [4.78, 5) is 24.9. The highest BCUT2D eigenvalue weighted by Crippen LogP contribution is 2.06. The Labute approximate surface area is 78.6 Å². The Kier molecular flexibility index (Phi) is 1.78. The van der Waals surface area contributed by atoms with Crippen molar-refractivity contribution < 1.29 is 14.7 Å². The Morgan fingerprint density at radius 2 is 2.21 bits per heavy atom. The van der Waals surface area contributed by atoms with Crippen molar-refractivity contribution in [2.75, 3.05) is 0 Å². The van der Waals surface area contributed by atoms with Crippen LogP contribution < -0.4 is 0 Å². The third-order valence-corrected chi connectivity index (χ3v) is 1.83. The second kappa shape index (κ2) is 2.95. The van der Waals surface area contributed by atoms with Gasteiger partial charge in [0, 0.05) is 18.0 Å². The summed E-state index contributed by atoms with van der Waals surface area (Å²) in [5.41, 5.74) is 0.952. The van der Waals surface area contributed by atoms with E-state index >= 15 is 0 Å². The number of fused-ring (bicyclic) bond motifs is 1. The molecule has 0 spiro atoms. The van der Waals surface area contributed by atoms with Gasteiger partial charge in [-0.05, 0) is 12.1 Å². The van der Waals surface area contributed by atoms with Crippen LogP contribution in [0.3, 0.4) is 0 Å². The fourth-order valence-corrected chi connectivity index (χ4v) is 1.18. The average molecular weight is 190 g/mol. The van der Waals surface area contributed by atoms with Gasteiger partial charge in [0.25, 0.3) is 0 Å². The molecule has 0 fully saturated rings. The second-order valence-electron chi connectivity index (χ2n) is 2.78. The van der Waals surface area contributed by atoms with Gasteiger partial charge in [-0.1, -0.05) is 0 Å². The zero-order valence-corrected chi connectivity index (χ0v) is 7.04. The summed E-state index contributed by atoms with van der Waals surface area (Å²) >= 11 is 0. The van der Waals surface area contributed by atoms with Crippen LogP contribution in [0, 0.1) is 0 Å². The standard InChI is InChI=1S/C9H6N2O3/c12-5-6-1-2-8-10-7(9(13)14)4-11(8)3-6/h1-5H,(H,13,14). The number of carboxylic acid groups (broad SMARTS) is 1. The lowest BCUT2D eigenvalue weighted by molar-refractivity contribution is 0.0691. The molecular formula is C9H6N2O3. The van der Waals surface area contributed by atoms with Crippen LogP contribution in [0.1, 0.15) is 20.8 Å². The van der Waals surface area contributed by atoms with Gasteiger partial charge in [-0.2, -0.15) is 0 Å². The molecule has 70 valence electrons. The summed E-state index contributed by atoms with van der Waals surface area (Å²) in [6.45, 7) is 0. The molecule has 2 heterocycles. The van der Waals surface area contributed by atoms with E-state index in [0.717, 1.165) is 0 Å². The largest absolute Gasteiger partial charge is 0.476 e. The molecule has 0 aromatic carbocycles. The number of imidazole rings is 1. The maximum atomic E-state index is 10.6. The highest BCUT2D eigenvalue weighted by atomic mass is 16.4. The van der Waals surface area contributed by atoms with E-state index in [2.05, 4.69) is 4.98 Å². The number of carboxylic acids is 1. The lowest BCUT2D eigenvalue weighted by atomic mass is 10.3. The van der Waals surface area contributed by atoms with Gasteiger partial charge in [0.15, 0.2) is 12.0 Å². The number of carbonyl (C=O) groups is 2. The van der Waals surface area contributed by atoms with E-state index < -0.39 is 5.97 Å². The average Bonchev–Trinajstić information content (AvgIpc) is 2.59. The number of hydrogen-bond donors (Lipinski definition) is 1. The number of aromatic nitrogens is 2. The lowest BCUT2D eigenvalue weighted by Crippen LogP contribution is -1.94. The zero-order chi connectivity index (χ0) is 10.1. The van der Waals surface area contributed by atoms with Gasteiger partial charge in [0.05, 0.1) is 0 Å². The molecule has 2 aromatic heterocycles. The van der Waals surface area contributed by atoms with E-state index in [-0.39, 0.29) is 5.69 Å². The number of aldehydes is 1. The predicted molar refractivity (Wildman–Crippen MR) is 47.5 cm³/mol. The van der Waals surface area contributed by atoms with Crippen LogP contribution in [0.25, 0.3) is 5.65 Å². The molecule has 14 heavy (non-hydrogen) atoms. The summed E-state index contributed by atoms with van der Waals surface area (Å²) in [5, 5.41) is 8.67. The van der Waals surface area contributed by atoms with Crippen LogP contribution in [-0.2, 0) is 0 Å². The minimum atomic E-state index is -1.08. The Hall–Kier alpha value is -2.17. The molecule has 5 heteroatoms. The first kappa shape index (κ1) is 8.43. The Morgan fingerprint density at radius 3 is 2.86 bits per heavy atom. The third-order valence-electron chi connectivity index (χ3n) is 1.83. The lowest BCUT2D eigenvalue weighted by Gasteiger charge is -1.92. The van der Waals surface area contributed by atoms with Gasteiger partial charge in [-0.25, -0.2) is 9.78 Å². The van der Waals surface area contributed by atoms with Crippen molar-refractivity contribution in [1.29, 1.82) is 0 Å². The van der Waals surface area contributed by atoms with Gasteiger partial charge in [0.2, 0.25) is 0 Å². The van der Waals surface area contributed by atoms with Crippen LogP contribution in [0.2, 0.25) is 0 Å². The van der Waals surface area contributed by atoms with Crippen molar-refractivity contribution in [2.24, 2.45) is 0 Å². The van der Waals surface area contributed by atoms with Crippen molar-refractivity contribution in [2.45, 2.75) is 0 Å². The summed E-state index contributed by atoms with van der Waals surface area (Å²) in [7, 11) is 0. The first-order chi connectivity index (χ1) is 6.70. The molecule has 0 atom stereocenters. The molecule has 0 aliphatic heterocycles. The highest BCUT2D eigenvalue weighted by Gasteiger charge is 2.07. The topological polar surface area (TPSA) is 71.7 Å². The van der Waals surface area contributed by atoms with Crippen LogP contribution in [0.5, 0.6) is 0 Å². The van der Waals surface area contributed by atoms with Crippen LogP contribution in [0.15, 0.2) is 24.5 Å². The van der Waals surface area contributed by atoms with Gasteiger partial charge >= 0.3 is 5.97 Å². The normalized spacial score (nSPS) is 10.3. The molecule has 2 rings (SSSR count). The molecule has 0 radical (unpaired) electrons. The van der Waals surface area contributed by atoms with Crippen molar-refractivity contribution in [1.82, 2.24) is 9.38 Å². The molecule has 0 bridgehead atoms. The summed E-state index contributed by atoms with van der Waals surface area (Å²) < 4.78 is 1.51. The number of aromatic carboxylic acids is 1. The maximum absolute atomic E-state index is 10.6. The van der Waals surface area contributed by atoms with Crippen molar-refractivity contribution in [3.63, 3.8) is 0 Å². The van der Waals surface area contributed by atoms with E-state index in [1.807, 2.05) is 0 Å². The number of pyridine rings is 1. The van der Waals surface area contributed by atoms with Gasteiger partial charge < -0.3 is 9.51 Å². The SMILES string of the molecule is O=Cc1ccc2nc(C(=O)O)cn2c1. The fourth-order valence-electron chi connectivity index (χ4n) is 1.18. The van der Waals surface area contributed by atoms with Crippen LogP contribution in [-0.4, -0.2) is 26.7 Å². The van der Waals surface area contributed by atoms with E-state index in [1.54, 1.807) is 12.1 Å². The molecule has 0 aliphatic carbocycles. The molecule has 0 amide bonds. The summed E-state index contributed by atoms with van der Waals surface area (Å²) in [5.74, 6) is -1.08. The molecule has 0 aliphatic rings. The minimum absolute atomic E-state index is 0.0342. The highest BCUT2D eigenvalue weighted by molar-refractivity contribution is 5.86. The summed E-state index contributed by atoms with van der Waals surface area (Å²) in [6.07, 6.45) is 3.59. The Morgan fingerprint density at radius 1 is 1.43 bits per heavy atom. The fraction of sp³-hybridized carbons (Fsp3) is 0. The number of hydrogen-bond acceptors (Lipinski definition) is 3. The van der Waals surface area contributed by atoms with Gasteiger partial charge in [-0.3, -0.25) is 4.79 Å². The number of carbonyl (C=O) groups excluding carboxylic acids is 1. The van der Waals surface area contributed by atoms with Crippen LogP contribution in [0.4, 0.5) is 0 Å². The smallest absolute Gasteiger partial charge is 0.356 e. The molecule has 2 aromatic rings.